The summed E-state index contributed by atoms with van der Waals surface area (Å²) in [5.74, 6) is 0.724. The van der Waals surface area contributed by atoms with Crippen LogP contribution in [-0.2, 0) is 14.6 Å². The molecule has 2 heterocycles. The van der Waals surface area contributed by atoms with Crippen molar-refractivity contribution in [2.24, 2.45) is 0 Å². The molecule has 0 aromatic carbocycles. The van der Waals surface area contributed by atoms with Crippen LogP contribution in [0, 0.1) is 0 Å². The van der Waals surface area contributed by atoms with E-state index >= 15 is 0 Å². The van der Waals surface area contributed by atoms with Crippen molar-refractivity contribution in [3.8, 4) is 0 Å². The van der Waals surface area contributed by atoms with Crippen LogP contribution in [0.15, 0.2) is 0 Å². The van der Waals surface area contributed by atoms with Gasteiger partial charge >= 0.3 is 0 Å². The highest BCUT2D eigenvalue weighted by Crippen LogP contribution is 2.21. The third-order valence-corrected chi connectivity index (χ3v) is 5.56. The van der Waals surface area contributed by atoms with Gasteiger partial charge in [0.05, 0.1) is 18.1 Å². The number of morpholine rings is 1. The predicted molar refractivity (Wildman–Crippen MR) is 67.0 cm³/mol. The zero-order valence-electron chi connectivity index (χ0n) is 8.56. The topological polar surface area (TPSA) is 46.6 Å². The number of halogens is 1. The summed E-state index contributed by atoms with van der Waals surface area (Å²) in [6.45, 7) is 2.66. The van der Waals surface area contributed by atoms with Gasteiger partial charge < -0.3 is 4.74 Å². The summed E-state index contributed by atoms with van der Waals surface area (Å²) in [5, 5.41) is 0. The molecule has 1 atom stereocenters. The first kappa shape index (κ1) is 12.1. The number of nitrogens with zero attached hydrogens (tertiary/aromatic N) is 1. The van der Waals surface area contributed by atoms with Gasteiger partial charge in [-0.05, 0) is 35.4 Å². The van der Waals surface area contributed by atoms with Crippen molar-refractivity contribution in [1.82, 2.24) is 4.90 Å². The van der Waals surface area contributed by atoms with Crippen molar-refractivity contribution in [3.63, 3.8) is 0 Å². The fourth-order valence-electron chi connectivity index (χ4n) is 2.20. The molecule has 6 heteroatoms. The Morgan fingerprint density at radius 1 is 1.27 bits per heavy atom. The predicted octanol–water partition coefficient (Wildman–Crippen LogP) is 0.657. The Bertz CT molecular complexity index is 305. The molecule has 4 nitrogen and oxygen atoms in total. The van der Waals surface area contributed by atoms with E-state index in [4.69, 9.17) is 4.74 Å². The first-order chi connectivity index (χ1) is 7.07. The van der Waals surface area contributed by atoms with Gasteiger partial charge in [-0.2, -0.15) is 0 Å². The quantitative estimate of drug-likeness (QED) is 0.517. The summed E-state index contributed by atoms with van der Waals surface area (Å²) in [7, 11) is -2.73. The number of alkyl halides is 1. The van der Waals surface area contributed by atoms with E-state index in [0.717, 1.165) is 32.5 Å². The molecule has 0 radical (unpaired) electrons. The Balaban J connectivity index is 1.90. The van der Waals surface area contributed by atoms with Crippen LogP contribution >= 0.6 is 22.6 Å². The molecule has 0 aromatic rings. The maximum Gasteiger partial charge on any atom is 0.150 e. The van der Waals surface area contributed by atoms with Crippen molar-refractivity contribution in [2.45, 2.75) is 23.0 Å². The molecule has 0 aromatic heterocycles. The van der Waals surface area contributed by atoms with Gasteiger partial charge in [0.25, 0.3) is 0 Å². The highest BCUT2D eigenvalue weighted by Gasteiger charge is 2.30. The Morgan fingerprint density at radius 2 is 1.93 bits per heavy atom. The fourth-order valence-corrected chi connectivity index (χ4v) is 4.43. The minimum absolute atomic E-state index is 0.259. The number of rotatable bonds is 1. The first-order valence-corrected chi connectivity index (χ1v) is 8.34. The normalized spacial score (nSPS) is 34.1. The molecule has 0 saturated carbocycles. The Labute approximate surface area is 104 Å². The van der Waals surface area contributed by atoms with Crippen LogP contribution in [0.1, 0.15) is 12.8 Å². The first-order valence-electron chi connectivity index (χ1n) is 5.27. The summed E-state index contributed by atoms with van der Waals surface area (Å²) >= 11 is 2.29. The maximum atomic E-state index is 11.3. The lowest BCUT2D eigenvalue weighted by Gasteiger charge is -2.38. The smallest absolute Gasteiger partial charge is 0.150 e. The third-order valence-electron chi connectivity index (χ3n) is 3.10. The average Bonchev–Trinajstić information content (AvgIpc) is 2.17. The fraction of sp³-hybridized carbons (Fsp3) is 1.00. The van der Waals surface area contributed by atoms with Crippen molar-refractivity contribution >= 4 is 32.4 Å². The van der Waals surface area contributed by atoms with Crippen molar-refractivity contribution < 1.29 is 13.2 Å². The van der Waals surface area contributed by atoms with E-state index < -0.39 is 9.84 Å². The lowest BCUT2D eigenvalue weighted by molar-refractivity contribution is 0.00483. The van der Waals surface area contributed by atoms with E-state index in [1.54, 1.807) is 0 Å². The third kappa shape index (κ3) is 3.28. The molecular formula is C9H16INO3S. The van der Waals surface area contributed by atoms with Crippen LogP contribution in [0.4, 0.5) is 0 Å². The molecule has 0 bridgehead atoms. The summed E-state index contributed by atoms with van der Waals surface area (Å²) in [4.78, 5) is 2.38. The molecule has 0 amide bonds. The molecule has 88 valence electrons. The molecule has 2 rings (SSSR count). The van der Waals surface area contributed by atoms with Crippen LogP contribution < -0.4 is 0 Å². The Morgan fingerprint density at radius 3 is 2.53 bits per heavy atom. The van der Waals surface area contributed by atoms with E-state index in [-0.39, 0.29) is 4.11 Å². The largest absolute Gasteiger partial charge is 0.365 e. The number of hydrogen-bond acceptors (Lipinski definition) is 4. The molecule has 2 saturated heterocycles. The van der Waals surface area contributed by atoms with E-state index in [1.807, 2.05) is 0 Å². The number of hydrogen-bond donors (Lipinski definition) is 0. The molecule has 2 aliphatic rings. The summed E-state index contributed by atoms with van der Waals surface area (Å²) in [5.41, 5.74) is 0. The van der Waals surface area contributed by atoms with Gasteiger partial charge in [0.1, 0.15) is 13.9 Å². The second kappa shape index (κ2) is 4.85. The van der Waals surface area contributed by atoms with E-state index in [1.165, 1.54) is 0 Å². The highest BCUT2D eigenvalue weighted by molar-refractivity contribution is 14.1. The van der Waals surface area contributed by atoms with Crippen LogP contribution in [0.25, 0.3) is 0 Å². The summed E-state index contributed by atoms with van der Waals surface area (Å²) in [6, 6.07) is 0.453. The molecule has 2 fully saturated rings. The Kier molecular flexibility index (Phi) is 3.90. The Hall–Kier alpha value is 0.600. The van der Waals surface area contributed by atoms with Gasteiger partial charge in [-0.25, -0.2) is 8.42 Å². The zero-order chi connectivity index (χ0) is 10.9. The van der Waals surface area contributed by atoms with Crippen LogP contribution in [-0.4, -0.2) is 54.7 Å². The lowest BCUT2D eigenvalue weighted by Crippen LogP contribution is -2.48. The van der Waals surface area contributed by atoms with Gasteiger partial charge in [-0.3, -0.25) is 4.90 Å². The van der Waals surface area contributed by atoms with Gasteiger partial charge in [0.2, 0.25) is 0 Å². The lowest BCUT2D eigenvalue weighted by atomic mass is 10.1. The maximum absolute atomic E-state index is 11.3. The standard InChI is InChI=1S/C9H16INO3S/c10-9-7-11(3-4-14-9)8-1-5-15(12,13)6-2-8/h8-9H,1-7H2. The van der Waals surface area contributed by atoms with Gasteiger partial charge in [0.15, 0.2) is 0 Å². The van der Waals surface area contributed by atoms with Crippen molar-refractivity contribution in [1.29, 1.82) is 0 Å². The minimum atomic E-state index is -2.73. The number of sulfone groups is 1. The van der Waals surface area contributed by atoms with Gasteiger partial charge in [0, 0.05) is 19.1 Å². The van der Waals surface area contributed by atoms with E-state index in [0.29, 0.717) is 17.5 Å². The molecule has 15 heavy (non-hydrogen) atoms. The zero-order valence-corrected chi connectivity index (χ0v) is 11.5. The highest BCUT2D eigenvalue weighted by atomic mass is 127. The molecule has 0 aliphatic carbocycles. The summed E-state index contributed by atoms with van der Waals surface area (Å²) < 4.78 is 28.3. The average molecular weight is 345 g/mol. The van der Waals surface area contributed by atoms with Gasteiger partial charge in [-0.1, -0.05) is 0 Å². The van der Waals surface area contributed by atoms with Gasteiger partial charge in [-0.15, -0.1) is 0 Å². The number of ether oxygens (including phenoxy) is 1. The molecule has 1 unspecified atom stereocenters. The molecule has 2 aliphatic heterocycles. The van der Waals surface area contributed by atoms with Crippen LogP contribution in [0.5, 0.6) is 0 Å². The SMILES string of the molecule is O=S1(=O)CCC(N2CCOC(I)C2)CC1. The summed E-state index contributed by atoms with van der Waals surface area (Å²) in [6.07, 6.45) is 1.59. The van der Waals surface area contributed by atoms with Crippen LogP contribution in [0.2, 0.25) is 0 Å². The van der Waals surface area contributed by atoms with E-state index in [2.05, 4.69) is 27.5 Å². The monoisotopic (exact) mass is 345 g/mol. The minimum Gasteiger partial charge on any atom is -0.365 e. The van der Waals surface area contributed by atoms with Crippen molar-refractivity contribution in [3.05, 3.63) is 0 Å². The second-order valence-electron chi connectivity index (χ2n) is 4.16. The second-order valence-corrected chi connectivity index (χ2v) is 7.85. The van der Waals surface area contributed by atoms with E-state index in [9.17, 15) is 8.42 Å². The molecule has 0 spiro atoms. The molecule has 0 N–H and O–H groups in total. The van der Waals surface area contributed by atoms with Crippen molar-refractivity contribution in [2.75, 3.05) is 31.2 Å². The molecular weight excluding hydrogens is 329 g/mol. The van der Waals surface area contributed by atoms with Crippen LogP contribution in [0.3, 0.4) is 0 Å².